The minimum atomic E-state index is -1.02. The molecule has 1 aromatic rings. The lowest BCUT2D eigenvalue weighted by atomic mass is 9.95. The highest BCUT2D eigenvalue weighted by molar-refractivity contribution is 5.92. The number of nitrogens with zero attached hydrogens (tertiary/aromatic N) is 3. The van der Waals surface area contributed by atoms with Crippen LogP contribution in [0.4, 0.5) is 0 Å². The van der Waals surface area contributed by atoms with Gasteiger partial charge in [0.15, 0.2) is 0 Å². The van der Waals surface area contributed by atoms with Crippen molar-refractivity contribution in [3.05, 3.63) is 27.9 Å². The van der Waals surface area contributed by atoms with Gasteiger partial charge in [0.25, 0.3) is 0 Å². The van der Waals surface area contributed by atoms with Gasteiger partial charge in [0, 0.05) is 32.1 Å². The third-order valence-corrected chi connectivity index (χ3v) is 4.46. The molecule has 2 amide bonds. The molecule has 1 aliphatic rings. The van der Waals surface area contributed by atoms with E-state index in [0.717, 1.165) is 0 Å². The normalized spacial score (nSPS) is 20.2. The summed E-state index contributed by atoms with van der Waals surface area (Å²) in [5.41, 5.74) is -0.202. The molecule has 1 atom stereocenters. The molecule has 1 saturated heterocycles. The van der Waals surface area contributed by atoms with Crippen molar-refractivity contribution in [2.75, 3.05) is 27.3 Å². The number of nitrogens with one attached hydrogen (secondary N) is 1. The van der Waals surface area contributed by atoms with Crippen molar-refractivity contribution in [3.8, 4) is 0 Å². The maximum absolute atomic E-state index is 12.8. The number of carbonyl (C=O) groups is 2. The largest absolute Gasteiger partial charge is 0.382 e. The fraction of sp³-hybridized carbons (Fsp3) is 0.625. The zero-order valence-electron chi connectivity index (χ0n) is 14.6. The van der Waals surface area contributed by atoms with Gasteiger partial charge in [0.05, 0.1) is 6.61 Å². The lowest BCUT2D eigenvalue weighted by molar-refractivity contribution is -0.148. The summed E-state index contributed by atoms with van der Waals surface area (Å²) in [7, 11) is 3.05. The zero-order chi connectivity index (χ0) is 17.9. The Labute approximate surface area is 140 Å². The summed E-state index contributed by atoms with van der Waals surface area (Å²) in [6, 6.07) is 1.75. The predicted octanol–water partition coefficient (Wildman–Crippen LogP) is -0.386. The first kappa shape index (κ1) is 18.1. The van der Waals surface area contributed by atoms with Crippen molar-refractivity contribution in [1.82, 2.24) is 19.8 Å². The lowest BCUT2D eigenvalue weighted by Crippen LogP contribution is -2.60. The average molecular weight is 336 g/mol. The number of aryl methyl sites for hydroxylation is 2. The van der Waals surface area contributed by atoms with Gasteiger partial charge in [0.1, 0.15) is 12.1 Å². The summed E-state index contributed by atoms with van der Waals surface area (Å²) in [5.74, 6) is -0.537. The quantitative estimate of drug-likeness (QED) is 0.791. The van der Waals surface area contributed by atoms with Crippen molar-refractivity contribution in [2.24, 2.45) is 0 Å². The summed E-state index contributed by atoms with van der Waals surface area (Å²) in [6.07, 6.45) is 1.24. The van der Waals surface area contributed by atoms with Crippen LogP contribution in [0.15, 0.2) is 10.9 Å². The van der Waals surface area contributed by atoms with Crippen LogP contribution in [0.25, 0.3) is 0 Å². The Morgan fingerprint density at radius 1 is 1.42 bits per heavy atom. The van der Waals surface area contributed by atoms with Gasteiger partial charge in [0.2, 0.25) is 11.8 Å². The van der Waals surface area contributed by atoms with Gasteiger partial charge in [-0.1, -0.05) is 0 Å². The molecule has 1 aromatic heterocycles. The van der Waals surface area contributed by atoms with Crippen LogP contribution in [-0.4, -0.2) is 59.1 Å². The molecule has 0 spiro atoms. The molecule has 1 aliphatic heterocycles. The van der Waals surface area contributed by atoms with Gasteiger partial charge >= 0.3 is 5.69 Å². The number of carbonyl (C=O) groups excluding carboxylic acids is 2. The Hall–Kier alpha value is -2.22. The van der Waals surface area contributed by atoms with Crippen molar-refractivity contribution >= 4 is 11.8 Å². The van der Waals surface area contributed by atoms with Crippen LogP contribution in [0, 0.1) is 13.8 Å². The van der Waals surface area contributed by atoms with Crippen molar-refractivity contribution in [2.45, 2.75) is 38.8 Å². The van der Waals surface area contributed by atoms with Crippen LogP contribution in [0.1, 0.15) is 24.2 Å². The molecule has 0 saturated carbocycles. The number of aromatic nitrogens is 2. The predicted molar refractivity (Wildman–Crippen MR) is 87.6 cm³/mol. The molecule has 8 nitrogen and oxygen atoms in total. The van der Waals surface area contributed by atoms with Crippen LogP contribution in [0.3, 0.4) is 0 Å². The Morgan fingerprint density at radius 3 is 2.71 bits per heavy atom. The van der Waals surface area contributed by atoms with Crippen molar-refractivity contribution in [1.29, 1.82) is 0 Å². The number of rotatable bonds is 5. The van der Waals surface area contributed by atoms with E-state index in [-0.39, 0.29) is 25.0 Å². The monoisotopic (exact) mass is 336 g/mol. The molecular formula is C16H24N4O4. The average Bonchev–Trinajstić information content (AvgIpc) is 2.95. The molecule has 24 heavy (non-hydrogen) atoms. The second-order valence-corrected chi connectivity index (χ2v) is 6.10. The van der Waals surface area contributed by atoms with E-state index in [4.69, 9.17) is 4.74 Å². The second kappa shape index (κ2) is 7.12. The summed E-state index contributed by atoms with van der Waals surface area (Å²) >= 11 is 0. The topological polar surface area (TPSA) is 93.5 Å². The van der Waals surface area contributed by atoms with Gasteiger partial charge in [-0.05, 0) is 32.8 Å². The molecule has 2 heterocycles. The SMILES string of the molecule is CNC(=O)C1(COC)CCCN1C(=O)Cn1c(C)cc(C)nc1=O. The molecule has 8 heteroatoms. The highest BCUT2D eigenvalue weighted by Gasteiger charge is 2.49. The van der Waals surface area contributed by atoms with Crippen molar-refractivity contribution in [3.63, 3.8) is 0 Å². The molecule has 2 rings (SSSR count). The third kappa shape index (κ3) is 3.19. The molecule has 1 unspecified atom stereocenters. The van der Waals surface area contributed by atoms with Gasteiger partial charge in [-0.3, -0.25) is 14.2 Å². The van der Waals surface area contributed by atoms with Gasteiger partial charge in [-0.15, -0.1) is 0 Å². The summed E-state index contributed by atoms with van der Waals surface area (Å²) in [5, 5.41) is 2.62. The Balaban J connectivity index is 2.31. The van der Waals surface area contributed by atoms with E-state index in [1.807, 2.05) is 0 Å². The first-order valence-electron chi connectivity index (χ1n) is 7.92. The number of methoxy groups -OCH3 is 1. The standard InChI is InChI=1S/C16H24N4O4/c1-11-8-12(2)19(15(23)18-11)9-13(21)20-7-5-6-16(20,10-24-4)14(22)17-3/h8H,5-7,9-10H2,1-4H3,(H,17,22). The van der Waals surface area contributed by atoms with E-state index in [1.54, 1.807) is 27.0 Å². The zero-order valence-corrected chi connectivity index (χ0v) is 14.6. The molecular weight excluding hydrogens is 312 g/mol. The third-order valence-electron chi connectivity index (χ3n) is 4.46. The highest BCUT2D eigenvalue weighted by Crippen LogP contribution is 2.30. The summed E-state index contributed by atoms with van der Waals surface area (Å²) in [6.45, 7) is 3.94. The second-order valence-electron chi connectivity index (χ2n) is 6.10. The maximum Gasteiger partial charge on any atom is 0.348 e. The fourth-order valence-corrected chi connectivity index (χ4v) is 3.35. The Morgan fingerprint density at radius 2 is 2.12 bits per heavy atom. The number of likely N-dealkylation sites (tertiary alicyclic amines) is 1. The summed E-state index contributed by atoms with van der Waals surface area (Å²) in [4.78, 5) is 42.7. The van der Waals surface area contributed by atoms with Gasteiger partial charge in [-0.2, -0.15) is 4.98 Å². The first-order valence-corrected chi connectivity index (χ1v) is 7.92. The molecule has 132 valence electrons. The molecule has 0 aliphatic carbocycles. The number of ether oxygens (including phenoxy) is 1. The highest BCUT2D eigenvalue weighted by atomic mass is 16.5. The van der Waals surface area contributed by atoms with E-state index in [1.165, 1.54) is 16.6 Å². The Kier molecular flexibility index (Phi) is 5.38. The number of hydrogen-bond donors (Lipinski definition) is 1. The summed E-state index contributed by atoms with van der Waals surface area (Å²) < 4.78 is 6.54. The van der Waals surface area contributed by atoms with Crippen LogP contribution >= 0.6 is 0 Å². The van der Waals surface area contributed by atoms with E-state index in [9.17, 15) is 14.4 Å². The first-order chi connectivity index (χ1) is 11.4. The molecule has 0 bridgehead atoms. The smallest absolute Gasteiger partial charge is 0.348 e. The Bertz CT molecular complexity index is 700. The van der Waals surface area contributed by atoms with Gasteiger partial charge in [-0.25, -0.2) is 4.79 Å². The lowest BCUT2D eigenvalue weighted by Gasteiger charge is -2.36. The van der Waals surface area contributed by atoms with Crippen LogP contribution in [-0.2, 0) is 20.9 Å². The van der Waals surface area contributed by atoms with Crippen molar-refractivity contribution < 1.29 is 14.3 Å². The van der Waals surface area contributed by atoms with E-state index < -0.39 is 11.2 Å². The van der Waals surface area contributed by atoms with Crippen LogP contribution < -0.4 is 11.0 Å². The number of likely N-dealkylation sites (N-methyl/N-ethyl adjacent to an activating group) is 1. The maximum atomic E-state index is 12.8. The van der Waals surface area contributed by atoms with E-state index in [0.29, 0.717) is 30.8 Å². The molecule has 0 radical (unpaired) electrons. The van der Waals surface area contributed by atoms with E-state index in [2.05, 4.69) is 10.3 Å². The molecule has 0 aromatic carbocycles. The molecule has 1 N–H and O–H groups in total. The van der Waals surface area contributed by atoms with Crippen LogP contribution in [0.5, 0.6) is 0 Å². The minimum Gasteiger partial charge on any atom is -0.382 e. The number of amides is 2. The fourth-order valence-electron chi connectivity index (χ4n) is 3.35. The van der Waals surface area contributed by atoms with Crippen LogP contribution in [0.2, 0.25) is 0 Å². The van der Waals surface area contributed by atoms with Gasteiger partial charge < -0.3 is 15.0 Å². The molecule has 1 fully saturated rings. The minimum absolute atomic E-state index is 0.123. The van der Waals surface area contributed by atoms with E-state index >= 15 is 0 Å². The number of hydrogen-bond acceptors (Lipinski definition) is 5.